The summed E-state index contributed by atoms with van der Waals surface area (Å²) >= 11 is 3.20. The van der Waals surface area contributed by atoms with E-state index in [1.54, 1.807) is 0 Å². The second-order valence-corrected chi connectivity index (χ2v) is 3.17. The lowest BCUT2D eigenvalue weighted by molar-refractivity contribution is -0.197. The molecule has 0 N–H and O–H groups in total. The average Bonchev–Trinajstić information content (AvgIpc) is 2.15. The molecule has 0 amide bonds. The van der Waals surface area contributed by atoms with E-state index in [0.717, 1.165) is 11.8 Å². The van der Waals surface area contributed by atoms with Crippen LogP contribution in [0.4, 0.5) is 0 Å². The monoisotopic (exact) mass is 268 g/mol. The summed E-state index contributed by atoms with van der Waals surface area (Å²) in [4.78, 5) is 21.6. The number of alkyl halides is 1. The van der Waals surface area contributed by atoms with Gasteiger partial charge >= 0.3 is 18.2 Å². The number of hydrogen-bond acceptors (Lipinski definition) is 5. The van der Waals surface area contributed by atoms with Crippen molar-refractivity contribution in [1.82, 2.24) is 0 Å². The molecular formula is C8H13BrO5. The summed E-state index contributed by atoms with van der Waals surface area (Å²) in [5.41, 5.74) is 0. The van der Waals surface area contributed by atoms with Crippen LogP contribution in [0.3, 0.4) is 0 Å². The van der Waals surface area contributed by atoms with Gasteiger partial charge in [-0.1, -0.05) is 15.9 Å². The Labute approximate surface area is 90.8 Å². The highest BCUT2D eigenvalue weighted by Crippen LogP contribution is 2.00. The summed E-state index contributed by atoms with van der Waals surface area (Å²) in [7, 11) is 1.20. The molecule has 0 aromatic heterocycles. The molecule has 14 heavy (non-hydrogen) atoms. The van der Waals surface area contributed by atoms with E-state index in [-0.39, 0.29) is 0 Å². The molecule has 0 radical (unpaired) electrons. The quantitative estimate of drug-likeness (QED) is 0.309. The Bertz CT molecular complexity index is 194. The second kappa shape index (κ2) is 7.75. The topological polar surface area (TPSA) is 61.8 Å². The van der Waals surface area contributed by atoms with Gasteiger partial charge in [0.25, 0.3) is 0 Å². The van der Waals surface area contributed by atoms with Gasteiger partial charge in [0.2, 0.25) is 0 Å². The molecule has 0 aliphatic rings. The molecule has 0 saturated carbocycles. The van der Waals surface area contributed by atoms with E-state index in [2.05, 4.69) is 25.4 Å². The van der Waals surface area contributed by atoms with Crippen molar-refractivity contribution in [1.29, 1.82) is 0 Å². The van der Waals surface area contributed by atoms with Gasteiger partial charge in [-0.3, -0.25) is 4.79 Å². The summed E-state index contributed by atoms with van der Waals surface area (Å²) in [6, 6.07) is 0. The van der Waals surface area contributed by atoms with Crippen LogP contribution in [0.25, 0.3) is 0 Å². The number of ether oxygens (including phenoxy) is 3. The standard InChI is InChI=1S/C8H13BrO5/c1-6(10)14-8(7(11)12-2)13-5-3-4-9/h8H,3-5H2,1-2H3/t8-/m1/s1. The minimum absolute atomic E-state index is 0.318. The molecule has 6 heteroatoms. The number of methoxy groups -OCH3 is 1. The normalized spacial score (nSPS) is 11.9. The molecule has 0 aromatic carbocycles. The molecule has 0 spiro atoms. The van der Waals surface area contributed by atoms with E-state index >= 15 is 0 Å². The molecule has 0 rings (SSSR count). The number of hydrogen-bond donors (Lipinski definition) is 0. The van der Waals surface area contributed by atoms with Gasteiger partial charge in [0, 0.05) is 12.3 Å². The largest absolute Gasteiger partial charge is 0.464 e. The van der Waals surface area contributed by atoms with Crippen LogP contribution in [-0.2, 0) is 23.8 Å². The van der Waals surface area contributed by atoms with Gasteiger partial charge < -0.3 is 14.2 Å². The second-order valence-electron chi connectivity index (χ2n) is 2.38. The third-order valence-corrected chi connectivity index (χ3v) is 1.77. The van der Waals surface area contributed by atoms with Gasteiger partial charge in [-0.05, 0) is 6.42 Å². The molecule has 0 bridgehead atoms. The molecule has 0 saturated heterocycles. The Morgan fingerprint density at radius 2 is 2.07 bits per heavy atom. The molecule has 0 aliphatic carbocycles. The molecule has 82 valence electrons. The molecular weight excluding hydrogens is 256 g/mol. The van der Waals surface area contributed by atoms with Gasteiger partial charge in [-0.25, -0.2) is 4.79 Å². The summed E-state index contributed by atoms with van der Waals surface area (Å²) in [5.74, 6) is -1.30. The van der Waals surface area contributed by atoms with E-state index in [9.17, 15) is 9.59 Å². The highest BCUT2D eigenvalue weighted by molar-refractivity contribution is 9.09. The van der Waals surface area contributed by atoms with Crippen LogP contribution < -0.4 is 0 Å². The average molecular weight is 269 g/mol. The molecule has 1 atom stereocenters. The maximum atomic E-state index is 11.0. The first-order valence-corrected chi connectivity index (χ1v) is 5.16. The van der Waals surface area contributed by atoms with E-state index in [1.165, 1.54) is 14.0 Å². The predicted octanol–water partition coefficient (Wildman–Crippen LogP) is 0.850. The molecule has 5 nitrogen and oxygen atoms in total. The number of carbonyl (C=O) groups excluding carboxylic acids is 2. The maximum Gasteiger partial charge on any atom is 0.376 e. The van der Waals surface area contributed by atoms with Crippen LogP contribution in [0.5, 0.6) is 0 Å². The highest BCUT2D eigenvalue weighted by atomic mass is 79.9. The molecule has 0 aromatic rings. The molecule has 0 aliphatic heterocycles. The number of carbonyl (C=O) groups is 2. The highest BCUT2D eigenvalue weighted by Gasteiger charge is 2.22. The Morgan fingerprint density at radius 1 is 1.43 bits per heavy atom. The first kappa shape index (κ1) is 13.4. The molecule has 0 heterocycles. The minimum Gasteiger partial charge on any atom is -0.464 e. The van der Waals surface area contributed by atoms with Crippen molar-refractivity contribution in [3.63, 3.8) is 0 Å². The fourth-order valence-corrected chi connectivity index (χ4v) is 0.871. The van der Waals surface area contributed by atoms with Crippen molar-refractivity contribution in [2.45, 2.75) is 19.6 Å². The SMILES string of the molecule is COC(=O)[C@H](OCCCBr)OC(C)=O. The van der Waals surface area contributed by atoms with Crippen molar-refractivity contribution in [3.05, 3.63) is 0 Å². The third-order valence-electron chi connectivity index (χ3n) is 1.21. The summed E-state index contributed by atoms with van der Waals surface area (Å²) in [5, 5.41) is 0.751. The van der Waals surface area contributed by atoms with Crippen LogP contribution in [0, 0.1) is 0 Å². The van der Waals surface area contributed by atoms with Crippen LogP contribution in [0.15, 0.2) is 0 Å². The van der Waals surface area contributed by atoms with Crippen LogP contribution in [0.2, 0.25) is 0 Å². The van der Waals surface area contributed by atoms with E-state index in [4.69, 9.17) is 4.74 Å². The predicted molar refractivity (Wildman–Crippen MR) is 51.9 cm³/mol. The number of esters is 2. The smallest absolute Gasteiger partial charge is 0.376 e. The molecule has 0 fully saturated rings. The fourth-order valence-electron chi connectivity index (χ4n) is 0.642. The van der Waals surface area contributed by atoms with Crippen molar-refractivity contribution < 1.29 is 23.8 Å². The van der Waals surface area contributed by atoms with Gasteiger partial charge in [0.05, 0.1) is 13.7 Å². The Hall–Kier alpha value is -0.620. The zero-order chi connectivity index (χ0) is 11.0. The lowest BCUT2D eigenvalue weighted by Gasteiger charge is -2.14. The first-order valence-electron chi connectivity index (χ1n) is 4.04. The minimum atomic E-state index is -1.25. The Kier molecular flexibility index (Phi) is 7.41. The van der Waals surface area contributed by atoms with Crippen LogP contribution in [-0.4, -0.2) is 37.3 Å². The molecule has 0 unspecified atom stereocenters. The van der Waals surface area contributed by atoms with Gasteiger partial charge in [-0.2, -0.15) is 0 Å². The van der Waals surface area contributed by atoms with E-state index in [0.29, 0.717) is 6.61 Å². The number of halogens is 1. The van der Waals surface area contributed by atoms with Crippen molar-refractivity contribution in [2.75, 3.05) is 19.0 Å². The van der Waals surface area contributed by atoms with Crippen LogP contribution in [0.1, 0.15) is 13.3 Å². The zero-order valence-corrected chi connectivity index (χ0v) is 9.70. The lowest BCUT2D eigenvalue weighted by atomic mass is 10.5. The van der Waals surface area contributed by atoms with Crippen molar-refractivity contribution in [3.8, 4) is 0 Å². The van der Waals surface area contributed by atoms with Crippen molar-refractivity contribution >= 4 is 27.9 Å². The third kappa shape index (κ3) is 5.93. The van der Waals surface area contributed by atoms with Gasteiger partial charge in [-0.15, -0.1) is 0 Å². The van der Waals surface area contributed by atoms with E-state index < -0.39 is 18.2 Å². The first-order chi connectivity index (χ1) is 6.61. The van der Waals surface area contributed by atoms with Crippen LogP contribution >= 0.6 is 15.9 Å². The summed E-state index contributed by atoms with van der Waals surface area (Å²) in [6.07, 6.45) is -0.536. The van der Waals surface area contributed by atoms with Crippen molar-refractivity contribution in [2.24, 2.45) is 0 Å². The summed E-state index contributed by atoms with van der Waals surface area (Å²) in [6.45, 7) is 1.52. The lowest BCUT2D eigenvalue weighted by Crippen LogP contribution is -2.30. The Balaban J connectivity index is 3.97. The maximum absolute atomic E-state index is 11.0. The zero-order valence-electron chi connectivity index (χ0n) is 8.12. The van der Waals surface area contributed by atoms with Gasteiger partial charge in [0.1, 0.15) is 0 Å². The Morgan fingerprint density at radius 3 is 2.50 bits per heavy atom. The summed E-state index contributed by atoms with van der Waals surface area (Å²) < 4.78 is 14.0. The van der Waals surface area contributed by atoms with E-state index in [1.807, 2.05) is 0 Å². The number of rotatable bonds is 6. The fraction of sp³-hybridized carbons (Fsp3) is 0.750. The van der Waals surface area contributed by atoms with Gasteiger partial charge in [0.15, 0.2) is 0 Å².